The first-order chi connectivity index (χ1) is 10.6. The van der Waals surface area contributed by atoms with Crippen LogP contribution in [0.5, 0.6) is 0 Å². The third kappa shape index (κ3) is 2.01. The molecule has 0 atom stereocenters. The molecule has 0 amide bonds. The molecule has 2 aromatic heterocycles. The smallest absolute Gasteiger partial charge is 0.141 e. The Kier molecular flexibility index (Phi) is 2.98. The largest absolute Gasteiger partial charge is 0.255 e. The molecule has 1 nitrogen and oxygen atoms in total. The number of fused-ring (bicyclic) bond motifs is 3. The van der Waals surface area contributed by atoms with E-state index in [1.54, 1.807) is 6.07 Å². The molecule has 0 saturated carbocycles. The van der Waals surface area contributed by atoms with Crippen LogP contribution in [0, 0.1) is 19.7 Å². The van der Waals surface area contributed by atoms with E-state index in [9.17, 15) is 4.39 Å². The summed E-state index contributed by atoms with van der Waals surface area (Å²) < 4.78 is 15.8. The number of hydrogen-bond donors (Lipinski definition) is 0. The van der Waals surface area contributed by atoms with Crippen molar-refractivity contribution in [3.63, 3.8) is 0 Å². The highest BCUT2D eigenvalue weighted by Crippen LogP contribution is 2.39. The van der Waals surface area contributed by atoms with Crippen LogP contribution in [-0.2, 0) is 0 Å². The molecule has 0 saturated heterocycles. The zero-order chi connectivity index (χ0) is 15.3. The number of aryl methyl sites for hydroxylation is 2. The molecular formula is C19H14FNS. The van der Waals surface area contributed by atoms with E-state index in [1.807, 2.05) is 18.3 Å². The molecule has 22 heavy (non-hydrogen) atoms. The van der Waals surface area contributed by atoms with E-state index in [0.717, 1.165) is 26.7 Å². The SMILES string of the molecule is Cc1cc(C)cc(-c2nccc3c2sc2c(F)cccc23)c1. The van der Waals surface area contributed by atoms with Gasteiger partial charge in [-0.1, -0.05) is 29.3 Å². The Morgan fingerprint density at radius 3 is 2.41 bits per heavy atom. The average Bonchev–Trinajstić information content (AvgIpc) is 2.86. The summed E-state index contributed by atoms with van der Waals surface area (Å²) in [5, 5.41) is 2.04. The maximum absolute atomic E-state index is 14.1. The molecule has 0 unspecified atom stereocenters. The van der Waals surface area contributed by atoms with E-state index >= 15 is 0 Å². The number of rotatable bonds is 1. The molecule has 4 aromatic rings. The summed E-state index contributed by atoms with van der Waals surface area (Å²) >= 11 is 1.48. The first-order valence-corrected chi connectivity index (χ1v) is 7.99. The Balaban J connectivity index is 2.10. The van der Waals surface area contributed by atoms with Crippen LogP contribution in [0.25, 0.3) is 31.4 Å². The Morgan fingerprint density at radius 2 is 1.64 bits per heavy atom. The minimum absolute atomic E-state index is 0.162. The molecule has 0 spiro atoms. The molecule has 3 heteroatoms. The van der Waals surface area contributed by atoms with Crippen molar-refractivity contribution in [1.29, 1.82) is 0 Å². The first-order valence-electron chi connectivity index (χ1n) is 7.18. The molecule has 0 N–H and O–H groups in total. The van der Waals surface area contributed by atoms with Crippen molar-refractivity contribution in [2.45, 2.75) is 13.8 Å². The summed E-state index contributed by atoms with van der Waals surface area (Å²) in [5.41, 5.74) is 4.45. The molecule has 0 aliphatic heterocycles. The standard InChI is InChI=1S/C19H14FNS/c1-11-8-12(2)10-13(9-11)17-19-15(6-7-21-17)14-4-3-5-16(20)18(14)22-19/h3-10H,1-2H3. The summed E-state index contributed by atoms with van der Waals surface area (Å²) in [6.07, 6.45) is 1.81. The van der Waals surface area contributed by atoms with Crippen LogP contribution in [0.3, 0.4) is 0 Å². The monoisotopic (exact) mass is 307 g/mol. The van der Waals surface area contributed by atoms with Gasteiger partial charge in [-0.3, -0.25) is 4.98 Å². The van der Waals surface area contributed by atoms with E-state index in [4.69, 9.17) is 0 Å². The summed E-state index contributed by atoms with van der Waals surface area (Å²) in [4.78, 5) is 4.57. The highest BCUT2D eigenvalue weighted by molar-refractivity contribution is 7.26. The van der Waals surface area contributed by atoms with Gasteiger partial charge in [0.1, 0.15) is 5.82 Å². The van der Waals surface area contributed by atoms with E-state index in [0.29, 0.717) is 4.70 Å². The van der Waals surface area contributed by atoms with Crippen molar-refractivity contribution in [3.8, 4) is 11.3 Å². The lowest BCUT2D eigenvalue weighted by Gasteiger charge is -2.05. The Morgan fingerprint density at radius 1 is 0.909 bits per heavy atom. The number of hydrogen-bond acceptors (Lipinski definition) is 2. The summed E-state index contributed by atoms with van der Waals surface area (Å²) in [6.45, 7) is 4.17. The average molecular weight is 307 g/mol. The van der Waals surface area contributed by atoms with Crippen molar-refractivity contribution in [3.05, 3.63) is 65.6 Å². The molecule has 0 aliphatic carbocycles. The van der Waals surface area contributed by atoms with Crippen LogP contribution < -0.4 is 0 Å². The van der Waals surface area contributed by atoms with Gasteiger partial charge in [0.25, 0.3) is 0 Å². The van der Waals surface area contributed by atoms with Crippen molar-refractivity contribution < 1.29 is 4.39 Å². The van der Waals surface area contributed by atoms with Crippen molar-refractivity contribution in [2.75, 3.05) is 0 Å². The molecule has 108 valence electrons. The normalized spacial score (nSPS) is 11.4. The topological polar surface area (TPSA) is 12.9 Å². The van der Waals surface area contributed by atoms with Crippen molar-refractivity contribution >= 4 is 31.5 Å². The Labute approximate surface area is 132 Å². The quantitative estimate of drug-likeness (QED) is 0.428. The van der Waals surface area contributed by atoms with Crippen LogP contribution >= 0.6 is 11.3 Å². The van der Waals surface area contributed by atoms with Gasteiger partial charge < -0.3 is 0 Å². The second-order valence-electron chi connectivity index (χ2n) is 5.63. The van der Waals surface area contributed by atoms with E-state index in [-0.39, 0.29) is 5.82 Å². The highest BCUT2D eigenvalue weighted by Gasteiger charge is 2.13. The summed E-state index contributed by atoms with van der Waals surface area (Å²) in [5.74, 6) is -0.162. The van der Waals surface area contributed by atoms with Crippen molar-refractivity contribution in [1.82, 2.24) is 4.98 Å². The minimum atomic E-state index is -0.162. The minimum Gasteiger partial charge on any atom is -0.255 e. The van der Waals surface area contributed by atoms with Crippen LogP contribution in [0.15, 0.2) is 48.7 Å². The Bertz CT molecular complexity index is 996. The first kappa shape index (κ1) is 13.4. The summed E-state index contributed by atoms with van der Waals surface area (Å²) in [7, 11) is 0. The highest BCUT2D eigenvalue weighted by atomic mass is 32.1. The van der Waals surface area contributed by atoms with Gasteiger partial charge >= 0.3 is 0 Å². The Hall–Kier alpha value is -2.26. The zero-order valence-corrected chi connectivity index (χ0v) is 13.2. The van der Waals surface area contributed by atoms with Gasteiger partial charge in [0, 0.05) is 22.5 Å². The van der Waals surface area contributed by atoms with Crippen LogP contribution in [0.4, 0.5) is 4.39 Å². The lowest BCUT2D eigenvalue weighted by Crippen LogP contribution is -1.86. The molecule has 4 rings (SSSR count). The second-order valence-corrected chi connectivity index (χ2v) is 6.65. The zero-order valence-electron chi connectivity index (χ0n) is 12.4. The van der Waals surface area contributed by atoms with Gasteiger partial charge in [-0.05, 0) is 38.1 Å². The second kappa shape index (κ2) is 4.89. The number of halogens is 1. The van der Waals surface area contributed by atoms with Crippen LogP contribution in [0.1, 0.15) is 11.1 Å². The molecule has 2 heterocycles. The maximum atomic E-state index is 14.1. The van der Waals surface area contributed by atoms with Gasteiger partial charge in [-0.2, -0.15) is 0 Å². The fourth-order valence-electron chi connectivity index (χ4n) is 3.01. The maximum Gasteiger partial charge on any atom is 0.141 e. The van der Waals surface area contributed by atoms with E-state index < -0.39 is 0 Å². The van der Waals surface area contributed by atoms with Gasteiger partial charge in [-0.25, -0.2) is 4.39 Å². The molecule has 0 fully saturated rings. The number of thiophene rings is 1. The molecule has 2 aromatic carbocycles. The fourth-order valence-corrected chi connectivity index (χ4v) is 4.22. The molecule has 0 bridgehead atoms. The van der Waals surface area contributed by atoms with Crippen LogP contribution in [-0.4, -0.2) is 4.98 Å². The molecular weight excluding hydrogens is 293 g/mol. The number of benzene rings is 2. The number of pyridine rings is 1. The predicted molar refractivity (Wildman–Crippen MR) is 92.0 cm³/mol. The van der Waals surface area contributed by atoms with Crippen molar-refractivity contribution in [2.24, 2.45) is 0 Å². The number of aromatic nitrogens is 1. The summed E-state index contributed by atoms with van der Waals surface area (Å²) in [6, 6.07) is 13.6. The third-order valence-corrected chi connectivity index (χ3v) is 5.10. The van der Waals surface area contributed by atoms with Gasteiger partial charge in [0.15, 0.2) is 0 Å². The van der Waals surface area contributed by atoms with Gasteiger partial charge in [-0.15, -0.1) is 11.3 Å². The van der Waals surface area contributed by atoms with Gasteiger partial charge in [0.05, 0.1) is 15.1 Å². The lowest BCUT2D eigenvalue weighted by atomic mass is 10.0. The molecule has 0 radical (unpaired) electrons. The fraction of sp³-hybridized carbons (Fsp3) is 0.105. The lowest BCUT2D eigenvalue weighted by molar-refractivity contribution is 0.642. The van der Waals surface area contributed by atoms with E-state index in [2.05, 4.69) is 37.0 Å². The molecule has 0 aliphatic rings. The third-order valence-electron chi connectivity index (χ3n) is 3.86. The predicted octanol–water partition coefficient (Wildman–Crippen LogP) is 5.87. The van der Waals surface area contributed by atoms with E-state index in [1.165, 1.54) is 28.5 Å². The number of nitrogens with zero attached hydrogens (tertiary/aromatic N) is 1. The van der Waals surface area contributed by atoms with Gasteiger partial charge in [0.2, 0.25) is 0 Å². The van der Waals surface area contributed by atoms with Crippen LogP contribution in [0.2, 0.25) is 0 Å².